The minimum atomic E-state index is -0.161. The minimum Gasteiger partial charge on any atom is -0.368 e. The van der Waals surface area contributed by atoms with Crippen molar-refractivity contribution in [3.63, 3.8) is 0 Å². The SMILES string of the molecule is CCC(=O)N1CCO[C@@H](c2ccnc(N(C)C)n2)C1. The van der Waals surface area contributed by atoms with Gasteiger partial charge in [-0.25, -0.2) is 9.97 Å². The highest BCUT2D eigenvalue weighted by Crippen LogP contribution is 2.21. The predicted molar refractivity (Wildman–Crippen MR) is 71.9 cm³/mol. The third-order valence-electron chi connectivity index (χ3n) is 3.12. The number of carbonyl (C=O) groups excluding carboxylic acids is 1. The van der Waals surface area contributed by atoms with Crippen molar-refractivity contribution in [1.29, 1.82) is 0 Å². The van der Waals surface area contributed by atoms with Crippen LogP contribution in [0.2, 0.25) is 0 Å². The van der Waals surface area contributed by atoms with Gasteiger partial charge in [-0.15, -0.1) is 0 Å². The number of hydrogen-bond donors (Lipinski definition) is 0. The maximum atomic E-state index is 11.7. The van der Waals surface area contributed by atoms with Crippen LogP contribution in [0.1, 0.15) is 25.1 Å². The predicted octanol–water partition coefficient (Wildman–Crippen LogP) is 0.852. The van der Waals surface area contributed by atoms with Gasteiger partial charge in [-0.2, -0.15) is 0 Å². The molecule has 1 atom stereocenters. The minimum absolute atomic E-state index is 0.161. The summed E-state index contributed by atoms with van der Waals surface area (Å²) >= 11 is 0. The Morgan fingerprint density at radius 2 is 2.37 bits per heavy atom. The van der Waals surface area contributed by atoms with Crippen LogP contribution >= 0.6 is 0 Å². The van der Waals surface area contributed by atoms with E-state index in [1.165, 1.54) is 0 Å². The molecule has 0 bridgehead atoms. The second-order valence-corrected chi connectivity index (χ2v) is 4.73. The number of morpholine rings is 1. The van der Waals surface area contributed by atoms with Crippen molar-refractivity contribution in [3.05, 3.63) is 18.0 Å². The summed E-state index contributed by atoms with van der Waals surface area (Å²) in [7, 11) is 3.79. The van der Waals surface area contributed by atoms with E-state index in [1.54, 1.807) is 6.20 Å². The molecule has 0 spiro atoms. The van der Waals surface area contributed by atoms with E-state index in [1.807, 2.05) is 36.9 Å². The number of carbonyl (C=O) groups is 1. The average Bonchev–Trinajstić information content (AvgIpc) is 2.46. The van der Waals surface area contributed by atoms with Gasteiger partial charge in [0.15, 0.2) is 0 Å². The fourth-order valence-electron chi connectivity index (χ4n) is 2.04. The van der Waals surface area contributed by atoms with Gasteiger partial charge in [0.05, 0.1) is 18.8 Å². The fourth-order valence-corrected chi connectivity index (χ4v) is 2.04. The number of ether oxygens (including phenoxy) is 1. The zero-order valence-electron chi connectivity index (χ0n) is 11.7. The first-order valence-electron chi connectivity index (χ1n) is 6.51. The number of amides is 1. The van der Waals surface area contributed by atoms with Gasteiger partial charge in [-0.05, 0) is 6.07 Å². The Hall–Kier alpha value is -1.69. The lowest BCUT2D eigenvalue weighted by molar-refractivity contribution is -0.138. The lowest BCUT2D eigenvalue weighted by Crippen LogP contribution is -2.42. The van der Waals surface area contributed by atoms with Gasteiger partial charge in [0, 0.05) is 33.3 Å². The molecule has 19 heavy (non-hydrogen) atoms. The van der Waals surface area contributed by atoms with E-state index >= 15 is 0 Å². The fraction of sp³-hybridized carbons (Fsp3) is 0.615. The molecule has 0 aromatic carbocycles. The zero-order chi connectivity index (χ0) is 13.8. The second-order valence-electron chi connectivity index (χ2n) is 4.73. The molecule has 0 unspecified atom stereocenters. The maximum Gasteiger partial charge on any atom is 0.225 e. The van der Waals surface area contributed by atoms with Gasteiger partial charge >= 0.3 is 0 Å². The Bertz CT molecular complexity index is 450. The van der Waals surface area contributed by atoms with Gasteiger partial charge in [-0.3, -0.25) is 4.79 Å². The molecule has 1 aliphatic rings. The van der Waals surface area contributed by atoms with E-state index in [0.29, 0.717) is 32.1 Å². The molecule has 0 radical (unpaired) electrons. The van der Waals surface area contributed by atoms with Gasteiger partial charge in [-0.1, -0.05) is 6.92 Å². The molecule has 2 heterocycles. The van der Waals surface area contributed by atoms with Crippen LogP contribution in [0.25, 0.3) is 0 Å². The highest BCUT2D eigenvalue weighted by Gasteiger charge is 2.25. The molecule has 2 rings (SSSR count). The van der Waals surface area contributed by atoms with Crippen molar-refractivity contribution in [1.82, 2.24) is 14.9 Å². The summed E-state index contributed by atoms with van der Waals surface area (Å²) in [4.78, 5) is 24.1. The molecular formula is C13H20N4O2. The van der Waals surface area contributed by atoms with E-state index in [0.717, 1.165) is 5.69 Å². The van der Waals surface area contributed by atoms with Gasteiger partial charge in [0.2, 0.25) is 11.9 Å². The normalized spacial score (nSPS) is 19.3. The van der Waals surface area contributed by atoms with Crippen LogP contribution in [0.5, 0.6) is 0 Å². The molecule has 0 N–H and O–H groups in total. The van der Waals surface area contributed by atoms with Crippen molar-refractivity contribution in [2.75, 3.05) is 38.7 Å². The van der Waals surface area contributed by atoms with E-state index in [9.17, 15) is 4.79 Å². The van der Waals surface area contributed by atoms with Crippen LogP contribution in [0.4, 0.5) is 5.95 Å². The number of aromatic nitrogens is 2. The summed E-state index contributed by atoms with van der Waals surface area (Å²) in [5.74, 6) is 0.815. The first-order chi connectivity index (χ1) is 9.11. The Labute approximate surface area is 113 Å². The summed E-state index contributed by atoms with van der Waals surface area (Å²) in [5, 5.41) is 0. The Balaban J connectivity index is 2.13. The van der Waals surface area contributed by atoms with Crippen molar-refractivity contribution in [2.24, 2.45) is 0 Å². The second kappa shape index (κ2) is 5.97. The summed E-state index contributed by atoms with van der Waals surface area (Å²) in [6, 6.07) is 1.84. The van der Waals surface area contributed by atoms with Crippen LogP contribution in [0.3, 0.4) is 0 Å². The number of rotatable bonds is 3. The molecule has 1 aromatic heterocycles. The molecule has 1 aliphatic heterocycles. The highest BCUT2D eigenvalue weighted by atomic mass is 16.5. The van der Waals surface area contributed by atoms with Crippen LogP contribution < -0.4 is 4.90 Å². The van der Waals surface area contributed by atoms with Crippen molar-refractivity contribution >= 4 is 11.9 Å². The summed E-state index contributed by atoms with van der Waals surface area (Å²) in [5.41, 5.74) is 0.826. The van der Waals surface area contributed by atoms with Crippen LogP contribution in [-0.2, 0) is 9.53 Å². The lowest BCUT2D eigenvalue weighted by atomic mass is 10.2. The maximum absolute atomic E-state index is 11.7. The number of hydrogen-bond acceptors (Lipinski definition) is 5. The molecule has 1 saturated heterocycles. The largest absolute Gasteiger partial charge is 0.368 e. The van der Waals surface area contributed by atoms with Crippen LogP contribution in [0, 0.1) is 0 Å². The molecule has 6 nitrogen and oxygen atoms in total. The Kier molecular flexibility index (Phi) is 4.31. The van der Waals surface area contributed by atoms with Crippen LogP contribution in [0.15, 0.2) is 12.3 Å². The van der Waals surface area contributed by atoms with Crippen molar-refractivity contribution in [2.45, 2.75) is 19.4 Å². The molecule has 6 heteroatoms. The Morgan fingerprint density at radius 1 is 1.58 bits per heavy atom. The van der Waals surface area contributed by atoms with E-state index < -0.39 is 0 Å². The number of anilines is 1. The molecule has 104 valence electrons. The quantitative estimate of drug-likeness (QED) is 0.810. The lowest BCUT2D eigenvalue weighted by Gasteiger charge is -2.32. The molecule has 0 saturated carbocycles. The smallest absolute Gasteiger partial charge is 0.225 e. The van der Waals surface area contributed by atoms with Crippen molar-refractivity contribution in [3.8, 4) is 0 Å². The third kappa shape index (κ3) is 3.20. The first kappa shape index (κ1) is 13.7. The molecule has 1 aromatic rings. The number of nitrogens with zero attached hydrogens (tertiary/aromatic N) is 4. The Morgan fingerprint density at radius 3 is 3.05 bits per heavy atom. The van der Waals surface area contributed by atoms with Gasteiger partial charge in [0.25, 0.3) is 0 Å². The van der Waals surface area contributed by atoms with E-state index in [2.05, 4.69) is 9.97 Å². The third-order valence-corrected chi connectivity index (χ3v) is 3.12. The topological polar surface area (TPSA) is 58.6 Å². The zero-order valence-corrected chi connectivity index (χ0v) is 11.7. The first-order valence-corrected chi connectivity index (χ1v) is 6.51. The van der Waals surface area contributed by atoms with E-state index in [4.69, 9.17) is 4.74 Å². The molecule has 0 aliphatic carbocycles. The van der Waals surface area contributed by atoms with Crippen LogP contribution in [-0.4, -0.2) is 54.6 Å². The molecule has 1 amide bonds. The van der Waals surface area contributed by atoms with Crippen molar-refractivity contribution < 1.29 is 9.53 Å². The molecule has 1 fully saturated rings. The summed E-state index contributed by atoms with van der Waals surface area (Å²) < 4.78 is 5.72. The van der Waals surface area contributed by atoms with E-state index in [-0.39, 0.29) is 12.0 Å². The monoisotopic (exact) mass is 264 g/mol. The summed E-state index contributed by atoms with van der Waals surface area (Å²) in [6.07, 6.45) is 2.09. The average molecular weight is 264 g/mol. The summed E-state index contributed by atoms with van der Waals surface area (Å²) in [6.45, 7) is 3.66. The highest BCUT2D eigenvalue weighted by molar-refractivity contribution is 5.75. The van der Waals surface area contributed by atoms with Gasteiger partial charge < -0.3 is 14.5 Å². The molecular weight excluding hydrogens is 244 g/mol. The van der Waals surface area contributed by atoms with Gasteiger partial charge in [0.1, 0.15) is 6.10 Å². The standard InChI is InChI=1S/C13H20N4O2/c1-4-12(18)17-7-8-19-11(9-17)10-5-6-14-13(15-10)16(2)3/h5-6,11H,4,7-9H2,1-3H3/t11-/m1/s1.